The number of nitrogens with one attached hydrogen (secondary N) is 2. The lowest BCUT2D eigenvalue weighted by Crippen LogP contribution is -2.25. The number of benzene rings is 2. The third-order valence-electron chi connectivity index (χ3n) is 3.49. The van der Waals surface area contributed by atoms with Crippen LogP contribution in [0.25, 0.3) is 21.3 Å². The molecule has 0 fully saturated rings. The maximum absolute atomic E-state index is 12.0. The van der Waals surface area contributed by atoms with E-state index in [9.17, 15) is 4.79 Å². The molecule has 120 valence electrons. The predicted octanol–water partition coefficient (Wildman–Crippen LogP) is 3.58. The van der Waals surface area contributed by atoms with Crippen LogP contribution in [0.3, 0.4) is 0 Å². The number of hydrogen-bond donors (Lipinski definition) is 2. The maximum atomic E-state index is 12.0. The Hall–Kier alpha value is -2.38. The first-order valence-corrected chi connectivity index (χ1v) is 9.27. The summed E-state index contributed by atoms with van der Waals surface area (Å²) in [5, 5.41) is 2.89. The highest BCUT2D eigenvalue weighted by Crippen LogP contribution is 2.29. The van der Waals surface area contributed by atoms with Gasteiger partial charge in [-0.1, -0.05) is 36.0 Å². The Morgan fingerprint density at radius 2 is 1.88 bits per heavy atom. The fourth-order valence-electron chi connectivity index (χ4n) is 2.36. The van der Waals surface area contributed by atoms with Crippen LogP contribution >= 0.6 is 23.1 Å². The van der Waals surface area contributed by atoms with Gasteiger partial charge in [-0.3, -0.25) is 4.79 Å². The van der Waals surface area contributed by atoms with Crippen LogP contribution in [0.2, 0.25) is 0 Å². The van der Waals surface area contributed by atoms with Gasteiger partial charge in [-0.2, -0.15) is 0 Å². The van der Waals surface area contributed by atoms with Crippen LogP contribution in [0.15, 0.2) is 52.9 Å². The van der Waals surface area contributed by atoms with Gasteiger partial charge in [0.1, 0.15) is 5.82 Å². The number of fused-ring (bicyclic) bond motifs is 2. The van der Waals surface area contributed by atoms with E-state index in [2.05, 4.69) is 20.3 Å². The molecular formula is C17H14N4OS2. The van der Waals surface area contributed by atoms with E-state index in [1.54, 1.807) is 11.3 Å². The molecule has 0 unspecified atom stereocenters. The van der Waals surface area contributed by atoms with Gasteiger partial charge in [0.25, 0.3) is 0 Å². The highest BCUT2D eigenvalue weighted by Gasteiger charge is 2.08. The van der Waals surface area contributed by atoms with Crippen molar-refractivity contribution in [3.05, 3.63) is 54.4 Å². The van der Waals surface area contributed by atoms with Crippen molar-refractivity contribution in [1.29, 1.82) is 0 Å². The zero-order valence-corrected chi connectivity index (χ0v) is 14.3. The average molecular weight is 354 g/mol. The van der Waals surface area contributed by atoms with Gasteiger partial charge in [-0.25, -0.2) is 9.97 Å². The minimum Gasteiger partial charge on any atom is -0.348 e. The average Bonchev–Trinajstić information content (AvgIpc) is 3.21. The van der Waals surface area contributed by atoms with Crippen molar-refractivity contribution in [3.8, 4) is 0 Å². The first-order valence-electron chi connectivity index (χ1n) is 7.46. The van der Waals surface area contributed by atoms with Crippen LogP contribution < -0.4 is 5.32 Å². The highest BCUT2D eigenvalue weighted by molar-refractivity contribution is 8.01. The second-order valence-electron chi connectivity index (χ2n) is 5.21. The number of carbonyl (C=O) groups is 1. The molecular weight excluding hydrogens is 340 g/mol. The second-order valence-corrected chi connectivity index (χ2v) is 7.47. The molecule has 1 amide bonds. The molecule has 4 aromatic rings. The lowest BCUT2D eigenvalue weighted by molar-refractivity contribution is -0.118. The largest absolute Gasteiger partial charge is 0.348 e. The van der Waals surface area contributed by atoms with Crippen molar-refractivity contribution in [1.82, 2.24) is 20.3 Å². The van der Waals surface area contributed by atoms with E-state index in [-0.39, 0.29) is 5.91 Å². The number of H-pyrrole nitrogens is 1. The minimum atomic E-state index is -0.0280. The molecule has 0 aliphatic rings. The molecule has 0 bridgehead atoms. The van der Waals surface area contributed by atoms with E-state index < -0.39 is 0 Å². The van der Waals surface area contributed by atoms with E-state index in [0.29, 0.717) is 12.3 Å². The van der Waals surface area contributed by atoms with Crippen LogP contribution in [0, 0.1) is 0 Å². The monoisotopic (exact) mass is 354 g/mol. The molecule has 0 aliphatic heterocycles. The Balaban J connectivity index is 1.33. The number of aromatic nitrogens is 3. The van der Waals surface area contributed by atoms with Crippen LogP contribution in [-0.4, -0.2) is 26.6 Å². The zero-order valence-electron chi connectivity index (χ0n) is 12.7. The van der Waals surface area contributed by atoms with E-state index in [4.69, 9.17) is 0 Å². The number of carbonyl (C=O) groups excluding carboxylic acids is 1. The molecule has 0 radical (unpaired) electrons. The third kappa shape index (κ3) is 3.27. The van der Waals surface area contributed by atoms with Gasteiger partial charge in [-0.05, 0) is 24.3 Å². The summed E-state index contributed by atoms with van der Waals surface area (Å²) in [5.41, 5.74) is 2.86. The number of nitrogens with zero attached hydrogens (tertiary/aromatic N) is 2. The molecule has 2 heterocycles. The van der Waals surface area contributed by atoms with Crippen molar-refractivity contribution in [2.45, 2.75) is 10.9 Å². The molecule has 0 saturated heterocycles. The van der Waals surface area contributed by atoms with Crippen molar-refractivity contribution >= 4 is 50.3 Å². The maximum Gasteiger partial charge on any atom is 0.230 e. The lowest BCUT2D eigenvalue weighted by Gasteiger charge is -2.01. The molecule has 5 nitrogen and oxygen atoms in total. The Morgan fingerprint density at radius 1 is 1.08 bits per heavy atom. The quantitative estimate of drug-likeness (QED) is 0.538. The summed E-state index contributed by atoms with van der Waals surface area (Å²) in [7, 11) is 0. The Kier molecular flexibility index (Phi) is 4.18. The van der Waals surface area contributed by atoms with E-state index in [0.717, 1.165) is 31.4 Å². The van der Waals surface area contributed by atoms with Gasteiger partial charge >= 0.3 is 0 Å². The number of hydrogen-bond acceptors (Lipinski definition) is 5. The fourth-order valence-corrected chi connectivity index (χ4v) is 4.26. The van der Waals surface area contributed by atoms with E-state index in [1.807, 2.05) is 48.5 Å². The minimum absolute atomic E-state index is 0.0280. The predicted molar refractivity (Wildman–Crippen MR) is 98.3 cm³/mol. The summed E-state index contributed by atoms with van der Waals surface area (Å²) in [5.74, 6) is 1.08. The molecule has 0 atom stereocenters. The van der Waals surface area contributed by atoms with Crippen molar-refractivity contribution < 1.29 is 4.79 Å². The number of para-hydroxylation sites is 3. The number of rotatable bonds is 5. The molecule has 7 heteroatoms. The number of amides is 1. The van der Waals surface area contributed by atoms with Gasteiger partial charge in [0.05, 0.1) is 33.5 Å². The smallest absolute Gasteiger partial charge is 0.230 e. The van der Waals surface area contributed by atoms with Crippen molar-refractivity contribution in [3.63, 3.8) is 0 Å². The van der Waals surface area contributed by atoms with E-state index in [1.165, 1.54) is 11.8 Å². The SMILES string of the molecule is O=C(CSc1nc2ccccc2s1)NCc1nc2ccccc2[nH]1. The Labute approximate surface area is 146 Å². The van der Waals surface area contributed by atoms with Crippen LogP contribution in [0.4, 0.5) is 0 Å². The molecule has 0 saturated carbocycles. The summed E-state index contributed by atoms with van der Waals surface area (Å²) in [6.45, 7) is 0.397. The van der Waals surface area contributed by atoms with Gasteiger partial charge < -0.3 is 10.3 Å². The number of imidazole rings is 1. The summed E-state index contributed by atoms with van der Waals surface area (Å²) in [6, 6.07) is 15.8. The zero-order chi connectivity index (χ0) is 16.4. The van der Waals surface area contributed by atoms with Crippen LogP contribution in [0.5, 0.6) is 0 Å². The molecule has 4 rings (SSSR count). The molecule has 0 aliphatic carbocycles. The third-order valence-corrected chi connectivity index (χ3v) is 5.67. The molecule has 2 N–H and O–H groups in total. The number of thiazole rings is 1. The van der Waals surface area contributed by atoms with Crippen molar-refractivity contribution in [2.75, 3.05) is 5.75 Å². The van der Waals surface area contributed by atoms with Crippen LogP contribution in [0.1, 0.15) is 5.82 Å². The summed E-state index contributed by atoms with van der Waals surface area (Å²) in [6.07, 6.45) is 0. The topological polar surface area (TPSA) is 70.7 Å². The Bertz CT molecular complexity index is 862. The number of aromatic amines is 1. The molecule has 2 aromatic heterocycles. The second kappa shape index (κ2) is 6.62. The first-order chi connectivity index (χ1) is 11.8. The van der Waals surface area contributed by atoms with Gasteiger partial charge in [0.15, 0.2) is 4.34 Å². The molecule has 0 spiro atoms. The van der Waals surface area contributed by atoms with Gasteiger partial charge in [0.2, 0.25) is 5.91 Å². The van der Waals surface area contributed by atoms with Gasteiger partial charge in [0, 0.05) is 0 Å². The summed E-state index contributed by atoms with van der Waals surface area (Å²) >= 11 is 3.07. The van der Waals surface area contributed by atoms with E-state index >= 15 is 0 Å². The first kappa shape index (κ1) is 15.2. The lowest BCUT2D eigenvalue weighted by atomic mass is 10.3. The molecule has 24 heavy (non-hydrogen) atoms. The standard InChI is InChI=1S/C17H14N4OS2/c22-16(10-23-17-21-13-7-3-4-8-14(13)24-17)18-9-15-19-11-5-1-2-6-12(11)20-15/h1-8H,9-10H2,(H,18,22)(H,19,20). The fraction of sp³-hybridized carbons (Fsp3) is 0.118. The summed E-state index contributed by atoms with van der Waals surface area (Å²) in [4.78, 5) is 24.2. The van der Waals surface area contributed by atoms with Crippen molar-refractivity contribution in [2.24, 2.45) is 0 Å². The Morgan fingerprint density at radius 3 is 2.71 bits per heavy atom. The normalized spacial score (nSPS) is 11.2. The highest BCUT2D eigenvalue weighted by atomic mass is 32.2. The molecule has 2 aromatic carbocycles. The van der Waals surface area contributed by atoms with Gasteiger partial charge in [-0.15, -0.1) is 11.3 Å². The summed E-state index contributed by atoms with van der Waals surface area (Å²) < 4.78 is 2.05. The van der Waals surface area contributed by atoms with Crippen LogP contribution in [-0.2, 0) is 11.3 Å². The number of thioether (sulfide) groups is 1.